The Kier molecular flexibility index (Phi) is 4.10. The zero-order chi connectivity index (χ0) is 15.7. The van der Waals surface area contributed by atoms with Crippen molar-refractivity contribution in [3.05, 3.63) is 50.4 Å². The van der Waals surface area contributed by atoms with Crippen molar-refractivity contribution < 1.29 is 4.79 Å². The van der Waals surface area contributed by atoms with Crippen molar-refractivity contribution >= 4 is 46.1 Å². The fraction of sp³-hybridized carbons (Fsp3) is 0.0769. The number of anilines is 1. The number of aromatic nitrogens is 4. The molecule has 0 aliphatic carbocycles. The van der Waals surface area contributed by atoms with Gasteiger partial charge < -0.3 is 5.32 Å². The summed E-state index contributed by atoms with van der Waals surface area (Å²) in [5.74, 6) is -0.303. The molecule has 0 unspecified atom stereocenters. The summed E-state index contributed by atoms with van der Waals surface area (Å²) in [6.07, 6.45) is 1.51. The van der Waals surface area contributed by atoms with Gasteiger partial charge in [-0.05, 0) is 47.2 Å². The molecule has 0 radical (unpaired) electrons. The second-order valence-corrected chi connectivity index (χ2v) is 6.73. The van der Waals surface area contributed by atoms with Gasteiger partial charge >= 0.3 is 0 Å². The molecule has 2 heterocycles. The van der Waals surface area contributed by atoms with Gasteiger partial charge in [0.1, 0.15) is 10.7 Å². The lowest BCUT2D eigenvalue weighted by molar-refractivity contribution is 0.102. The lowest BCUT2D eigenvalue weighted by Gasteiger charge is -2.09. The van der Waals surface area contributed by atoms with Gasteiger partial charge in [-0.3, -0.25) is 4.79 Å². The molecular formula is C13H9Cl2N5OS. The first-order chi connectivity index (χ1) is 10.5. The predicted octanol–water partition coefficient (Wildman–Crippen LogP) is 3.59. The van der Waals surface area contributed by atoms with Crippen molar-refractivity contribution in [1.29, 1.82) is 0 Å². The molecule has 1 amide bonds. The third-order valence-corrected chi connectivity index (χ3v) is 4.44. The number of halogens is 2. The Morgan fingerprint density at radius 3 is 2.73 bits per heavy atom. The van der Waals surface area contributed by atoms with Gasteiger partial charge in [-0.2, -0.15) is 0 Å². The third kappa shape index (κ3) is 2.96. The highest BCUT2D eigenvalue weighted by Gasteiger charge is 2.15. The van der Waals surface area contributed by atoms with Crippen molar-refractivity contribution in [2.24, 2.45) is 0 Å². The standard InChI is InChI=1S/C13H9Cl2N5OS/c1-7-4-8(2-3-10(7)20-6-16-18-19-20)17-13(21)9-5-11(14)22-12(9)15/h2-6H,1H3,(H,17,21). The Morgan fingerprint density at radius 2 is 2.14 bits per heavy atom. The van der Waals surface area contributed by atoms with Crippen LogP contribution in [0.5, 0.6) is 0 Å². The number of aryl methyl sites for hydroxylation is 1. The number of thiophene rings is 1. The second-order valence-electron chi connectivity index (χ2n) is 4.45. The quantitative estimate of drug-likeness (QED) is 0.780. The summed E-state index contributed by atoms with van der Waals surface area (Å²) in [4.78, 5) is 12.2. The smallest absolute Gasteiger partial charge is 0.258 e. The molecule has 0 saturated carbocycles. The molecule has 0 fully saturated rings. The number of carbonyl (C=O) groups excluding carboxylic acids is 1. The van der Waals surface area contributed by atoms with E-state index in [1.54, 1.807) is 16.8 Å². The van der Waals surface area contributed by atoms with Crippen LogP contribution < -0.4 is 5.32 Å². The molecule has 112 valence electrons. The lowest BCUT2D eigenvalue weighted by Crippen LogP contribution is -2.11. The minimum absolute atomic E-state index is 0.303. The molecule has 1 aromatic carbocycles. The summed E-state index contributed by atoms with van der Waals surface area (Å²) >= 11 is 13.0. The van der Waals surface area contributed by atoms with Crippen molar-refractivity contribution in [3.63, 3.8) is 0 Å². The van der Waals surface area contributed by atoms with Crippen LogP contribution in [0.3, 0.4) is 0 Å². The number of carbonyl (C=O) groups is 1. The van der Waals surface area contributed by atoms with Gasteiger partial charge in [0.2, 0.25) is 0 Å². The summed E-state index contributed by atoms with van der Waals surface area (Å²) in [5.41, 5.74) is 2.76. The van der Waals surface area contributed by atoms with Crippen LogP contribution in [0.4, 0.5) is 5.69 Å². The number of nitrogens with one attached hydrogen (secondary N) is 1. The van der Waals surface area contributed by atoms with Crippen LogP contribution in [0.1, 0.15) is 15.9 Å². The van der Waals surface area contributed by atoms with E-state index in [2.05, 4.69) is 20.8 Å². The highest BCUT2D eigenvalue weighted by atomic mass is 35.5. The van der Waals surface area contributed by atoms with Gasteiger partial charge in [0.25, 0.3) is 5.91 Å². The van der Waals surface area contributed by atoms with E-state index in [0.29, 0.717) is 19.9 Å². The monoisotopic (exact) mass is 353 g/mol. The number of amides is 1. The number of rotatable bonds is 3. The van der Waals surface area contributed by atoms with Gasteiger partial charge in [0.05, 0.1) is 15.6 Å². The number of nitrogens with zero attached hydrogens (tertiary/aromatic N) is 4. The fourth-order valence-electron chi connectivity index (χ4n) is 1.96. The highest BCUT2D eigenvalue weighted by molar-refractivity contribution is 7.20. The predicted molar refractivity (Wildman–Crippen MR) is 86.2 cm³/mol. The van der Waals surface area contributed by atoms with Crippen LogP contribution in [0.25, 0.3) is 5.69 Å². The molecule has 9 heteroatoms. The molecule has 0 spiro atoms. The number of tetrazole rings is 1. The van der Waals surface area contributed by atoms with Crippen molar-refractivity contribution in [3.8, 4) is 5.69 Å². The Morgan fingerprint density at radius 1 is 1.32 bits per heavy atom. The summed E-state index contributed by atoms with van der Waals surface area (Å²) < 4.78 is 2.39. The summed E-state index contributed by atoms with van der Waals surface area (Å²) in [7, 11) is 0. The normalized spacial score (nSPS) is 10.7. The SMILES string of the molecule is Cc1cc(NC(=O)c2cc(Cl)sc2Cl)ccc1-n1cnnn1. The molecular weight excluding hydrogens is 345 g/mol. The first kappa shape index (κ1) is 15.0. The molecule has 6 nitrogen and oxygen atoms in total. The minimum Gasteiger partial charge on any atom is -0.322 e. The first-order valence-corrected chi connectivity index (χ1v) is 7.72. The Hall–Kier alpha value is -1.96. The van der Waals surface area contributed by atoms with E-state index < -0.39 is 0 Å². The van der Waals surface area contributed by atoms with Crippen LogP contribution >= 0.6 is 34.5 Å². The van der Waals surface area contributed by atoms with Crippen LogP contribution in [-0.2, 0) is 0 Å². The summed E-state index contributed by atoms with van der Waals surface area (Å²) in [5, 5.41) is 13.8. The molecule has 0 saturated heterocycles. The van der Waals surface area contributed by atoms with Crippen LogP contribution in [-0.4, -0.2) is 26.1 Å². The molecule has 0 atom stereocenters. The molecule has 0 bridgehead atoms. The van der Waals surface area contributed by atoms with Gasteiger partial charge in [-0.1, -0.05) is 23.2 Å². The van der Waals surface area contributed by atoms with Gasteiger partial charge in [0, 0.05) is 5.69 Å². The van der Waals surface area contributed by atoms with Crippen molar-refractivity contribution in [1.82, 2.24) is 20.2 Å². The molecule has 2 aromatic heterocycles. The first-order valence-electron chi connectivity index (χ1n) is 6.15. The zero-order valence-electron chi connectivity index (χ0n) is 11.2. The second kappa shape index (κ2) is 6.04. The Balaban J connectivity index is 1.83. The zero-order valence-corrected chi connectivity index (χ0v) is 13.6. The molecule has 3 rings (SSSR count). The number of hydrogen-bond donors (Lipinski definition) is 1. The van der Waals surface area contributed by atoms with E-state index in [4.69, 9.17) is 23.2 Å². The average molecular weight is 354 g/mol. The van der Waals surface area contributed by atoms with Crippen LogP contribution in [0.2, 0.25) is 8.67 Å². The van der Waals surface area contributed by atoms with Gasteiger partial charge in [0.15, 0.2) is 0 Å². The molecule has 22 heavy (non-hydrogen) atoms. The van der Waals surface area contributed by atoms with E-state index in [1.165, 1.54) is 6.33 Å². The summed E-state index contributed by atoms with van der Waals surface area (Å²) in [6, 6.07) is 6.97. The van der Waals surface area contributed by atoms with Crippen LogP contribution in [0, 0.1) is 6.92 Å². The Labute approximate surface area is 139 Å². The van der Waals surface area contributed by atoms with Gasteiger partial charge in [-0.25, -0.2) is 4.68 Å². The Bertz CT molecular complexity index is 831. The average Bonchev–Trinajstić information content (AvgIpc) is 3.08. The van der Waals surface area contributed by atoms with E-state index in [9.17, 15) is 4.79 Å². The molecule has 0 aliphatic rings. The molecule has 3 aromatic rings. The topological polar surface area (TPSA) is 72.7 Å². The number of benzene rings is 1. The van der Waals surface area contributed by atoms with Crippen LogP contribution in [0.15, 0.2) is 30.6 Å². The van der Waals surface area contributed by atoms with E-state index in [1.807, 2.05) is 19.1 Å². The van der Waals surface area contributed by atoms with E-state index >= 15 is 0 Å². The van der Waals surface area contributed by atoms with Crippen molar-refractivity contribution in [2.75, 3.05) is 5.32 Å². The molecule has 0 aliphatic heterocycles. The number of hydrogen-bond acceptors (Lipinski definition) is 5. The molecule has 1 N–H and O–H groups in total. The van der Waals surface area contributed by atoms with Crippen molar-refractivity contribution in [2.45, 2.75) is 6.92 Å². The maximum Gasteiger partial charge on any atom is 0.258 e. The highest BCUT2D eigenvalue weighted by Crippen LogP contribution is 2.31. The maximum atomic E-state index is 12.2. The summed E-state index contributed by atoms with van der Waals surface area (Å²) in [6.45, 7) is 1.90. The maximum absolute atomic E-state index is 12.2. The minimum atomic E-state index is -0.303. The van der Waals surface area contributed by atoms with E-state index in [0.717, 1.165) is 22.6 Å². The largest absolute Gasteiger partial charge is 0.322 e. The third-order valence-electron chi connectivity index (χ3n) is 2.95. The lowest BCUT2D eigenvalue weighted by atomic mass is 10.1. The van der Waals surface area contributed by atoms with Gasteiger partial charge in [-0.15, -0.1) is 16.4 Å². The fourth-order valence-corrected chi connectivity index (χ4v) is 3.41. The van der Waals surface area contributed by atoms with E-state index in [-0.39, 0.29) is 5.91 Å².